The minimum atomic E-state index is -4.41. The molecule has 0 saturated carbocycles. The molecular formula is C7H16N2O7S. The third-order valence-corrected chi connectivity index (χ3v) is 3.14. The van der Waals surface area contributed by atoms with Crippen molar-refractivity contribution < 1.29 is 32.8 Å². The minimum absolute atomic E-state index is 0.188. The Kier molecular flexibility index (Phi) is 6.49. The average molecular weight is 272 g/mol. The molecule has 0 aliphatic heterocycles. The second-order valence-electron chi connectivity index (χ2n) is 3.57. The van der Waals surface area contributed by atoms with Gasteiger partial charge in [-0.1, -0.05) is 0 Å². The highest BCUT2D eigenvalue weighted by atomic mass is 32.2. The summed E-state index contributed by atoms with van der Waals surface area (Å²) in [5, 5.41) is 27.7. The van der Waals surface area contributed by atoms with Crippen LogP contribution >= 0.6 is 0 Å². The van der Waals surface area contributed by atoms with Gasteiger partial charge in [-0.05, 0) is 4.59 Å². The van der Waals surface area contributed by atoms with Crippen molar-refractivity contribution in [2.75, 3.05) is 38.6 Å². The molecule has 0 aromatic carbocycles. The topological polar surface area (TPSA) is 141 Å². The maximum absolute atomic E-state index is 10.9. The fourth-order valence-corrected chi connectivity index (χ4v) is 1.97. The number of aliphatic hydroxyl groups is 2. The van der Waals surface area contributed by atoms with Gasteiger partial charge in [0.05, 0.1) is 23.3 Å². The highest BCUT2D eigenvalue weighted by Crippen LogP contribution is 2.09. The summed E-state index contributed by atoms with van der Waals surface area (Å²) in [5.74, 6) is -0.697. The van der Waals surface area contributed by atoms with Crippen LogP contribution in [0.2, 0.25) is 0 Å². The van der Waals surface area contributed by atoms with Crippen molar-refractivity contribution in [1.29, 1.82) is 0 Å². The maximum Gasteiger partial charge on any atom is 0.237 e. The molecule has 0 saturated heterocycles. The number of nitro groups is 1. The molecule has 0 aromatic rings. The smallest absolute Gasteiger partial charge is 0.237 e. The quantitative estimate of drug-likeness (QED) is 0.212. The van der Waals surface area contributed by atoms with Crippen LogP contribution in [0.5, 0.6) is 0 Å². The van der Waals surface area contributed by atoms with Crippen LogP contribution in [0.1, 0.15) is 6.42 Å². The Morgan fingerprint density at radius 3 is 1.88 bits per heavy atom. The number of quaternary nitrogens is 1. The molecule has 0 rings (SSSR count). The van der Waals surface area contributed by atoms with Gasteiger partial charge >= 0.3 is 0 Å². The van der Waals surface area contributed by atoms with Crippen molar-refractivity contribution in [1.82, 2.24) is 0 Å². The SMILES string of the molecule is O=[N+]([O-])[N+](CCO)(CCO)CCCS(=O)(=O)[O-]. The maximum atomic E-state index is 10.9. The molecule has 0 aliphatic rings. The van der Waals surface area contributed by atoms with Crippen LogP contribution in [0.15, 0.2) is 0 Å². The first-order chi connectivity index (χ1) is 7.77. The number of hydrogen-bond donors (Lipinski definition) is 2. The van der Waals surface area contributed by atoms with Crippen LogP contribution in [-0.4, -0.2) is 71.4 Å². The number of nitrogens with zero attached hydrogens (tertiary/aromatic N) is 2. The Morgan fingerprint density at radius 2 is 1.59 bits per heavy atom. The van der Waals surface area contributed by atoms with E-state index in [2.05, 4.69) is 0 Å². The van der Waals surface area contributed by atoms with Crippen LogP contribution in [0, 0.1) is 10.1 Å². The molecule has 0 unspecified atom stereocenters. The zero-order chi connectivity index (χ0) is 13.5. The summed E-state index contributed by atoms with van der Waals surface area (Å²) >= 11 is 0. The van der Waals surface area contributed by atoms with Gasteiger partial charge in [-0.2, -0.15) is 0 Å². The van der Waals surface area contributed by atoms with Crippen LogP contribution in [0.4, 0.5) is 0 Å². The molecule has 9 nitrogen and oxygen atoms in total. The molecule has 102 valence electrons. The summed E-state index contributed by atoms with van der Waals surface area (Å²) in [7, 11) is -4.41. The first kappa shape index (κ1) is 16.2. The number of rotatable bonds is 9. The highest BCUT2D eigenvalue weighted by molar-refractivity contribution is 7.85. The first-order valence-electron chi connectivity index (χ1n) is 4.93. The van der Waals surface area contributed by atoms with Gasteiger partial charge in [-0.15, -0.1) is 0 Å². The Balaban J connectivity index is 4.62. The van der Waals surface area contributed by atoms with E-state index >= 15 is 0 Å². The second-order valence-corrected chi connectivity index (χ2v) is 5.09. The van der Waals surface area contributed by atoms with E-state index < -0.39 is 38.7 Å². The van der Waals surface area contributed by atoms with Crippen molar-refractivity contribution in [2.24, 2.45) is 0 Å². The molecule has 0 amide bonds. The van der Waals surface area contributed by atoms with E-state index in [-0.39, 0.29) is 26.1 Å². The lowest BCUT2D eigenvalue weighted by Crippen LogP contribution is -2.56. The molecular weight excluding hydrogens is 256 g/mol. The zero-order valence-corrected chi connectivity index (χ0v) is 10.0. The van der Waals surface area contributed by atoms with E-state index in [0.717, 1.165) is 0 Å². The highest BCUT2D eigenvalue weighted by Gasteiger charge is 2.38. The lowest BCUT2D eigenvalue weighted by atomic mass is 10.3. The third kappa shape index (κ3) is 5.89. The monoisotopic (exact) mass is 272 g/mol. The Labute approximate surface area is 98.7 Å². The molecule has 0 spiro atoms. The zero-order valence-electron chi connectivity index (χ0n) is 9.19. The van der Waals surface area contributed by atoms with Gasteiger partial charge in [0.25, 0.3) is 0 Å². The fraction of sp³-hybridized carbons (Fsp3) is 1.00. The molecule has 0 aromatic heterocycles. The van der Waals surface area contributed by atoms with E-state index in [1.54, 1.807) is 0 Å². The van der Waals surface area contributed by atoms with Crippen molar-refractivity contribution in [2.45, 2.75) is 6.42 Å². The largest absolute Gasteiger partial charge is 0.748 e. The van der Waals surface area contributed by atoms with Crippen LogP contribution in [0.25, 0.3) is 0 Å². The Bertz CT molecular complexity index is 336. The molecule has 0 atom stereocenters. The predicted molar refractivity (Wildman–Crippen MR) is 55.2 cm³/mol. The van der Waals surface area contributed by atoms with Crippen molar-refractivity contribution in [3.05, 3.63) is 10.1 Å². The van der Waals surface area contributed by atoms with Gasteiger partial charge in [-0.25, -0.2) is 18.5 Å². The molecule has 0 fully saturated rings. The summed E-state index contributed by atoms with van der Waals surface area (Å²) in [6.45, 7) is -1.65. The van der Waals surface area contributed by atoms with E-state index in [1.807, 2.05) is 0 Å². The summed E-state index contributed by atoms with van der Waals surface area (Å²) in [4.78, 5) is 10.9. The molecule has 17 heavy (non-hydrogen) atoms. The molecule has 0 radical (unpaired) electrons. The summed E-state index contributed by atoms with van der Waals surface area (Å²) < 4.78 is 30.3. The standard InChI is InChI=1S/C7H16N2O7S/c10-5-3-9(4-6-11,8(12)13)2-1-7-17(14,15)16/h10-11H,1-7H2. The van der Waals surface area contributed by atoms with E-state index in [9.17, 15) is 23.1 Å². The minimum Gasteiger partial charge on any atom is -0.748 e. The van der Waals surface area contributed by atoms with E-state index in [4.69, 9.17) is 10.2 Å². The summed E-state index contributed by atoms with van der Waals surface area (Å²) in [5.41, 5.74) is 0. The lowest BCUT2D eigenvalue weighted by molar-refractivity contribution is -1.32. The van der Waals surface area contributed by atoms with E-state index in [0.29, 0.717) is 0 Å². The summed E-state index contributed by atoms with van der Waals surface area (Å²) in [6, 6.07) is 0. The first-order valence-corrected chi connectivity index (χ1v) is 6.51. The number of hydrogen-bond acceptors (Lipinski definition) is 7. The van der Waals surface area contributed by atoms with Crippen LogP contribution in [-0.2, 0) is 10.1 Å². The molecule has 0 bridgehead atoms. The fourth-order valence-electron chi connectivity index (χ4n) is 1.49. The van der Waals surface area contributed by atoms with Crippen LogP contribution in [0.3, 0.4) is 0 Å². The van der Waals surface area contributed by atoms with Gasteiger partial charge in [0.2, 0.25) is 5.03 Å². The molecule has 2 N–H and O–H groups in total. The number of aliphatic hydroxyl groups excluding tert-OH is 2. The Morgan fingerprint density at radius 1 is 1.12 bits per heavy atom. The predicted octanol–water partition coefficient (Wildman–Crippen LogP) is -2.09. The third-order valence-electron chi connectivity index (χ3n) is 2.35. The van der Waals surface area contributed by atoms with Crippen molar-refractivity contribution in [3.8, 4) is 0 Å². The molecule has 10 heteroatoms. The van der Waals surface area contributed by atoms with Gasteiger partial charge in [0.1, 0.15) is 6.54 Å². The van der Waals surface area contributed by atoms with Gasteiger partial charge in [-0.3, -0.25) is 0 Å². The molecule has 0 aliphatic carbocycles. The van der Waals surface area contributed by atoms with Gasteiger partial charge in [0, 0.05) is 12.2 Å². The van der Waals surface area contributed by atoms with E-state index in [1.165, 1.54) is 0 Å². The normalized spacial score (nSPS) is 12.6. The average Bonchev–Trinajstić information content (AvgIpc) is 2.15. The lowest BCUT2D eigenvalue weighted by Gasteiger charge is -2.25. The van der Waals surface area contributed by atoms with Crippen molar-refractivity contribution >= 4 is 10.1 Å². The van der Waals surface area contributed by atoms with Crippen molar-refractivity contribution in [3.63, 3.8) is 0 Å². The second kappa shape index (κ2) is 6.81. The van der Waals surface area contributed by atoms with Crippen LogP contribution < -0.4 is 0 Å². The molecule has 0 heterocycles. The van der Waals surface area contributed by atoms with Gasteiger partial charge in [0.15, 0.2) is 13.1 Å². The van der Waals surface area contributed by atoms with Gasteiger partial charge < -0.3 is 14.8 Å². The summed E-state index contributed by atoms with van der Waals surface area (Å²) in [6.07, 6.45) is -0.188. The Hall–Kier alpha value is -0.810.